The van der Waals surface area contributed by atoms with Crippen LogP contribution in [-0.2, 0) is 21.4 Å². The molecule has 1 aromatic carbocycles. The Balaban J connectivity index is 1.15. The lowest BCUT2D eigenvalue weighted by Crippen LogP contribution is -2.35. The first-order valence-corrected chi connectivity index (χ1v) is 15.1. The summed E-state index contributed by atoms with van der Waals surface area (Å²) in [6, 6.07) is 1.87. The van der Waals surface area contributed by atoms with Crippen LogP contribution >= 0.6 is 0 Å². The van der Waals surface area contributed by atoms with Crippen LogP contribution in [0.1, 0.15) is 80.5 Å². The Morgan fingerprint density at radius 2 is 1.45 bits per heavy atom. The van der Waals surface area contributed by atoms with E-state index in [9.17, 15) is 19.8 Å². The summed E-state index contributed by atoms with van der Waals surface area (Å²) in [5.41, 5.74) is 2.43. The third kappa shape index (κ3) is 8.10. The molecule has 2 aliphatic carbocycles. The van der Waals surface area contributed by atoms with Crippen LogP contribution in [-0.4, -0.2) is 45.1 Å². The molecule has 6 heteroatoms. The number of allylic oxidation sites excluding steroid dienone is 13. The van der Waals surface area contributed by atoms with Gasteiger partial charge in [0.15, 0.2) is 17.3 Å². The Morgan fingerprint density at radius 1 is 0.881 bits per heavy atom. The second-order valence-electron chi connectivity index (χ2n) is 11.2. The Bertz CT molecular complexity index is 1310. The second kappa shape index (κ2) is 15.4. The predicted octanol–water partition coefficient (Wildman–Crippen LogP) is 7.32. The highest BCUT2D eigenvalue weighted by atomic mass is 16.4. The fraction of sp³-hybridized carbons (Fsp3) is 0.389. The predicted molar refractivity (Wildman–Crippen MR) is 168 cm³/mol. The number of hydrogen-bond acceptors (Lipinski definition) is 5. The van der Waals surface area contributed by atoms with E-state index in [0.29, 0.717) is 6.42 Å². The zero-order chi connectivity index (χ0) is 29.8. The van der Waals surface area contributed by atoms with E-state index in [0.717, 1.165) is 81.1 Å². The monoisotopic (exact) mass is 569 g/mol. The Labute approximate surface area is 249 Å². The number of phenols is 2. The number of aromatic hydroxyl groups is 2. The van der Waals surface area contributed by atoms with Crippen LogP contribution in [0.25, 0.3) is 0 Å². The van der Waals surface area contributed by atoms with E-state index in [1.54, 1.807) is 18.2 Å². The van der Waals surface area contributed by atoms with Gasteiger partial charge in [0.1, 0.15) is 0 Å². The number of benzene rings is 1. The Morgan fingerprint density at radius 3 is 2.05 bits per heavy atom. The molecule has 1 heterocycles. The molecule has 222 valence electrons. The van der Waals surface area contributed by atoms with Crippen molar-refractivity contribution in [3.05, 3.63) is 108 Å². The number of phenolic OH excluding ortho intramolecular Hbond substituents is 2. The van der Waals surface area contributed by atoms with Gasteiger partial charge in [-0.1, -0.05) is 72.9 Å². The summed E-state index contributed by atoms with van der Waals surface area (Å²) >= 11 is 0. The van der Waals surface area contributed by atoms with Gasteiger partial charge in [-0.25, -0.2) is 0 Å². The molecule has 1 aromatic rings. The van der Waals surface area contributed by atoms with Gasteiger partial charge in [0.05, 0.1) is 0 Å². The van der Waals surface area contributed by atoms with Crippen molar-refractivity contribution in [3.63, 3.8) is 0 Å². The van der Waals surface area contributed by atoms with Crippen molar-refractivity contribution in [1.82, 2.24) is 4.90 Å². The molecular formula is C36H43NO5. The van der Waals surface area contributed by atoms with Crippen LogP contribution < -0.4 is 0 Å². The Kier molecular flexibility index (Phi) is 11.4. The maximum Gasteiger partial charge on any atom is 0.303 e. The zero-order valence-corrected chi connectivity index (χ0v) is 24.3. The lowest BCUT2D eigenvalue weighted by molar-refractivity contribution is -0.137. The molecule has 1 spiro atoms. The lowest BCUT2D eigenvalue weighted by atomic mass is 9.77. The molecule has 1 aliphatic heterocycles. The average molecular weight is 570 g/mol. The average Bonchev–Trinajstić information content (AvgIpc) is 3.31. The first-order chi connectivity index (χ1) is 20.4. The third-order valence-electron chi connectivity index (χ3n) is 8.20. The highest BCUT2D eigenvalue weighted by Gasteiger charge is 2.48. The molecule has 0 saturated heterocycles. The fourth-order valence-electron chi connectivity index (χ4n) is 6.12. The second-order valence-corrected chi connectivity index (χ2v) is 11.2. The van der Waals surface area contributed by atoms with Crippen molar-refractivity contribution in [1.29, 1.82) is 0 Å². The van der Waals surface area contributed by atoms with Gasteiger partial charge >= 0.3 is 5.97 Å². The maximum atomic E-state index is 11.8. The summed E-state index contributed by atoms with van der Waals surface area (Å²) in [6.45, 7) is 1.83. The highest BCUT2D eigenvalue weighted by molar-refractivity contribution is 6.01. The number of carboxylic acids is 1. The van der Waals surface area contributed by atoms with E-state index in [4.69, 9.17) is 5.11 Å². The van der Waals surface area contributed by atoms with E-state index in [-0.39, 0.29) is 29.7 Å². The van der Waals surface area contributed by atoms with E-state index < -0.39 is 11.4 Å². The number of nitrogens with zero attached hydrogens (tertiary/aromatic N) is 1. The molecule has 0 radical (unpaired) electrons. The largest absolute Gasteiger partial charge is 0.504 e. The number of ketones is 1. The molecule has 4 rings (SSSR count). The van der Waals surface area contributed by atoms with Crippen LogP contribution in [0.5, 0.6) is 11.5 Å². The number of fused-ring (bicyclic) bond motifs is 1. The minimum Gasteiger partial charge on any atom is -0.504 e. The fourth-order valence-corrected chi connectivity index (χ4v) is 6.12. The van der Waals surface area contributed by atoms with Crippen molar-refractivity contribution in [2.45, 2.75) is 75.7 Å². The number of unbranched alkanes of at least 4 members (excludes halogenated alkanes) is 1. The molecule has 0 amide bonds. The van der Waals surface area contributed by atoms with Gasteiger partial charge in [-0.2, -0.15) is 0 Å². The quantitative estimate of drug-likeness (QED) is 0.116. The van der Waals surface area contributed by atoms with Crippen LogP contribution in [0.15, 0.2) is 91.1 Å². The molecule has 6 nitrogen and oxygen atoms in total. The van der Waals surface area contributed by atoms with Gasteiger partial charge in [-0.3, -0.25) is 14.5 Å². The zero-order valence-electron chi connectivity index (χ0n) is 24.3. The molecule has 42 heavy (non-hydrogen) atoms. The van der Waals surface area contributed by atoms with E-state index in [1.165, 1.54) is 0 Å². The smallest absolute Gasteiger partial charge is 0.303 e. The summed E-state index contributed by atoms with van der Waals surface area (Å²) in [5, 5.41) is 29.9. The molecule has 1 atom stereocenters. The molecule has 0 aromatic heterocycles. The molecule has 0 fully saturated rings. The van der Waals surface area contributed by atoms with Crippen molar-refractivity contribution in [3.8, 4) is 11.5 Å². The SMILES string of the molecule is O=C1C=CC2(C=C1)C[C@@H]1c3c(cc(O)c(O)c32)CCN1CC/C=C/C/C=C/C/C=C/C/C=C/C/C=C/CCCC(=O)O. The minimum atomic E-state index is -0.734. The molecule has 0 bridgehead atoms. The van der Waals surface area contributed by atoms with Gasteiger partial charge in [-0.15, -0.1) is 0 Å². The normalized spacial score (nSPS) is 19.6. The Hall–Kier alpha value is -3.90. The van der Waals surface area contributed by atoms with Crippen LogP contribution in [0.2, 0.25) is 0 Å². The summed E-state index contributed by atoms with van der Waals surface area (Å²) < 4.78 is 0. The molecule has 0 saturated carbocycles. The topological polar surface area (TPSA) is 98.1 Å². The number of carbonyl (C=O) groups excluding carboxylic acids is 1. The maximum absolute atomic E-state index is 11.8. The van der Waals surface area contributed by atoms with Gasteiger partial charge in [-0.05, 0) is 87.1 Å². The van der Waals surface area contributed by atoms with E-state index in [1.807, 2.05) is 18.2 Å². The van der Waals surface area contributed by atoms with Gasteiger partial charge < -0.3 is 15.3 Å². The minimum absolute atomic E-state index is 0.0478. The van der Waals surface area contributed by atoms with Crippen LogP contribution in [0, 0.1) is 0 Å². The number of carboxylic acid groups (broad SMARTS) is 1. The summed E-state index contributed by atoms with van der Waals surface area (Å²) in [4.78, 5) is 24.8. The summed E-state index contributed by atoms with van der Waals surface area (Å²) in [6.07, 6.45) is 36.4. The van der Waals surface area contributed by atoms with Crippen molar-refractivity contribution in [2.75, 3.05) is 13.1 Å². The highest BCUT2D eigenvalue weighted by Crippen LogP contribution is 2.57. The van der Waals surface area contributed by atoms with Gasteiger partial charge in [0.25, 0.3) is 0 Å². The first kappa shape index (κ1) is 31.0. The third-order valence-corrected chi connectivity index (χ3v) is 8.20. The van der Waals surface area contributed by atoms with Crippen molar-refractivity contribution >= 4 is 11.8 Å². The molecule has 3 N–H and O–H groups in total. The number of aliphatic carboxylic acids is 1. The number of rotatable bonds is 15. The standard InChI is InChI=1S/C36H43NO5/c38-29-19-22-36(23-20-29)27-30-33-28(26-31(39)35(42)34(33)36)21-25-37(30)24-17-15-13-11-9-7-5-3-1-2-4-6-8-10-12-14-16-18-32(40)41/h1,3-4,6-7,9-10,12-13,15,19-20,22-23,26,30,39,42H,2,5,8,11,14,16-18,21,24-25,27H2,(H,40,41)/b3-1+,6-4+,9-7+,12-10+,15-13+/t30-/m1/s1. The van der Waals surface area contributed by atoms with E-state index in [2.05, 4.69) is 59.6 Å². The van der Waals surface area contributed by atoms with E-state index >= 15 is 0 Å². The van der Waals surface area contributed by atoms with Crippen LogP contribution in [0.4, 0.5) is 0 Å². The lowest BCUT2D eigenvalue weighted by Gasteiger charge is -2.35. The molecule has 0 unspecified atom stereocenters. The molecular weight excluding hydrogens is 526 g/mol. The summed E-state index contributed by atoms with van der Waals surface area (Å²) in [7, 11) is 0. The molecule has 3 aliphatic rings. The van der Waals surface area contributed by atoms with Gasteiger partial charge in [0, 0.05) is 36.5 Å². The first-order valence-electron chi connectivity index (χ1n) is 15.1. The van der Waals surface area contributed by atoms with Crippen molar-refractivity contribution < 1.29 is 24.9 Å². The van der Waals surface area contributed by atoms with Crippen LogP contribution in [0.3, 0.4) is 0 Å². The van der Waals surface area contributed by atoms with Crippen molar-refractivity contribution in [2.24, 2.45) is 0 Å². The summed E-state index contributed by atoms with van der Waals surface area (Å²) in [5.74, 6) is -0.919. The number of carbonyl (C=O) groups is 2. The van der Waals surface area contributed by atoms with Gasteiger partial charge in [0.2, 0.25) is 0 Å². The number of hydrogen-bond donors (Lipinski definition) is 3.